The normalized spacial score (nSPS) is 12.7. The average Bonchev–Trinajstić information content (AvgIpc) is 2.42. The van der Waals surface area contributed by atoms with Gasteiger partial charge in [0, 0.05) is 37.3 Å². The van der Waals surface area contributed by atoms with E-state index in [4.69, 9.17) is 15.2 Å². The molecule has 0 aliphatic heterocycles. The van der Waals surface area contributed by atoms with Gasteiger partial charge in [0.2, 0.25) is 0 Å². The summed E-state index contributed by atoms with van der Waals surface area (Å²) in [5.41, 5.74) is 7.09. The number of likely N-dealkylation sites (N-methyl/N-ethyl adjacent to an activating group) is 1. The molecule has 5 heteroatoms. The number of nitrogens with two attached hydrogens (primary N) is 1. The average molecular weight is 331 g/mol. The van der Waals surface area contributed by atoms with Crippen molar-refractivity contribution in [1.29, 1.82) is 0 Å². The molecule has 0 saturated heterocycles. The molecule has 0 bridgehead atoms. The molecular weight excluding hydrogens is 308 g/mol. The van der Waals surface area contributed by atoms with Crippen molar-refractivity contribution in [2.24, 2.45) is 5.73 Å². The van der Waals surface area contributed by atoms with Gasteiger partial charge in [-0.1, -0.05) is 15.9 Å². The fraction of sp³-hybridized carbons (Fsp3) is 0.571. The molecule has 19 heavy (non-hydrogen) atoms. The summed E-state index contributed by atoms with van der Waals surface area (Å²) in [6.07, 6.45) is 0.991. The van der Waals surface area contributed by atoms with E-state index >= 15 is 0 Å². The van der Waals surface area contributed by atoms with Crippen LogP contribution in [0.25, 0.3) is 0 Å². The zero-order chi connectivity index (χ0) is 14.3. The van der Waals surface area contributed by atoms with Gasteiger partial charge >= 0.3 is 0 Å². The van der Waals surface area contributed by atoms with Crippen molar-refractivity contribution >= 4 is 15.9 Å². The summed E-state index contributed by atoms with van der Waals surface area (Å²) in [6.45, 7) is 2.27. The predicted molar refractivity (Wildman–Crippen MR) is 81.6 cm³/mol. The van der Waals surface area contributed by atoms with Crippen molar-refractivity contribution < 1.29 is 9.47 Å². The molecule has 1 atom stereocenters. The number of methoxy groups -OCH3 is 2. The van der Waals surface area contributed by atoms with Gasteiger partial charge in [-0.2, -0.15) is 0 Å². The summed E-state index contributed by atoms with van der Waals surface area (Å²) in [7, 11) is 5.48. The quantitative estimate of drug-likeness (QED) is 0.743. The number of hydrogen-bond donors (Lipinski definition) is 1. The van der Waals surface area contributed by atoms with Crippen LogP contribution in [-0.4, -0.2) is 45.9 Å². The maximum absolute atomic E-state index is 5.94. The molecule has 108 valence electrons. The van der Waals surface area contributed by atoms with Crippen molar-refractivity contribution in [3.8, 4) is 5.75 Å². The summed E-state index contributed by atoms with van der Waals surface area (Å²) >= 11 is 3.59. The van der Waals surface area contributed by atoms with Crippen LogP contribution in [-0.2, 0) is 4.74 Å². The Morgan fingerprint density at radius 3 is 2.68 bits per heavy atom. The van der Waals surface area contributed by atoms with Gasteiger partial charge in [-0.15, -0.1) is 0 Å². The van der Waals surface area contributed by atoms with Crippen LogP contribution >= 0.6 is 15.9 Å². The molecule has 0 fully saturated rings. The smallest absolute Gasteiger partial charge is 0.119 e. The molecular formula is C14H23BrN2O2. The molecule has 0 amide bonds. The van der Waals surface area contributed by atoms with E-state index in [0.717, 1.165) is 35.4 Å². The first-order chi connectivity index (χ1) is 9.13. The lowest BCUT2D eigenvalue weighted by Crippen LogP contribution is -2.32. The summed E-state index contributed by atoms with van der Waals surface area (Å²) in [5.74, 6) is 0.849. The SMILES string of the molecule is COCCCN(C)C(CN)c1cc(OC)ccc1Br. The van der Waals surface area contributed by atoms with Crippen LogP contribution in [0.5, 0.6) is 5.75 Å². The Labute approximate surface area is 124 Å². The van der Waals surface area contributed by atoms with Crippen LogP contribution in [0, 0.1) is 0 Å². The Morgan fingerprint density at radius 2 is 2.11 bits per heavy atom. The second-order valence-corrected chi connectivity index (χ2v) is 5.32. The molecule has 1 unspecified atom stereocenters. The number of benzene rings is 1. The van der Waals surface area contributed by atoms with E-state index in [1.807, 2.05) is 18.2 Å². The Morgan fingerprint density at radius 1 is 1.37 bits per heavy atom. The standard InChI is InChI=1S/C14H23BrN2O2/c1-17(7-4-8-18-2)14(10-16)12-9-11(19-3)5-6-13(12)15/h5-6,9,14H,4,7-8,10,16H2,1-3H3. The van der Waals surface area contributed by atoms with E-state index in [2.05, 4.69) is 27.9 Å². The first-order valence-corrected chi connectivity index (χ1v) is 7.16. The monoisotopic (exact) mass is 330 g/mol. The van der Waals surface area contributed by atoms with Gasteiger partial charge in [-0.25, -0.2) is 0 Å². The molecule has 0 aliphatic rings. The topological polar surface area (TPSA) is 47.7 Å². The van der Waals surface area contributed by atoms with Crippen molar-refractivity contribution in [3.05, 3.63) is 28.2 Å². The van der Waals surface area contributed by atoms with Crippen LogP contribution in [0.2, 0.25) is 0 Å². The molecule has 0 heterocycles. The van der Waals surface area contributed by atoms with Crippen LogP contribution in [0.1, 0.15) is 18.0 Å². The van der Waals surface area contributed by atoms with Gasteiger partial charge in [0.25, 0.3) is 0 Å². The third-order valence-corrected chi connectivity index (χ3v) is 3.90. The van der Waals surface area contributed by atoms with Gasteiger partial charge in [0.15, 0.2) is 0 Å². The lowest BCUT2D eigenvalue weighted by Gasteiger charge is -2.28. The van der Waals surface area contributed by atoms with Crippen molar-refractivity contribution in [2.75, 3.05) is 41.0 Å². The second-order valence-electron chi connectivity index (χ2n) is 4.47. The zero-order valence-corrected chi connectivity index (χ0v) is 13.4. The maximum atomic E-state index is 5.94. The van der Waals surface area contributed by atoms with E-state index < -0.39 is 0 Å². The Bertz CT molecular complexity index is 388. The molecule has 2 N–H and O–H groups in total. The molecule has 4 nitrogen and oxygen atoms in total. The minimum absolute atomic E-state index is 0.168. The highest BCUT2D eigenvalue weighted by Gasteiger charge is 2.18. The van der Waals surface area contributed by atoms with Crippen molar-refractivity contribution in [1.82, 2.24) is 4.90 Å². The zero-order valence-electron chi connectivity index (χ0n) is 11.9. The Hall–Kier alpha value is -0.620. The molecule has 1 rings (SSSR count). The van der Waals surface area contributed by atoms with Gasteiger partial charge in [-0.05, 0) is 37.2 Å². The van der Waals surface area contributed by atoms with Gasteiger partial charge in [-0.3, -0.25) is 4.90 Å². The Balaban J connectivity index is 2.83. The fourth-order valence-corrected chi connectivity index (χ4v) is 2.57. The highest BCUT2D eigenvalue weighted by Crippen LogP contribution is 2.30. The van der Waals surface area contributed by atoms with E-state index in [1.165, 1.54) is 0 Å². The number of rotatable bonds is 8. The molecule has 0 aromatic heterocycles. The molecule has 0 saturated carbocycles. The third kappa shape index (κ3) is 4.76. The minimum Gasteiger partial charge on any atom is -0.497 e. The van der Waals surface area contributed by atoms with E-state index in [-0.39, 0.29) is 6.04 Å². The summed E-state index contributed by atoms with van der Waals surface area (Å²) in [6, 6.07) is 6.14. The van der Waals surface area contributed by atoms with Gasteiger partial charge in [0.05, 0.1) is 7.11 Å². The minimum atomic E-state index is 0.168. The van der Waals surface area contributed by atoms with Gasteiger partial charge in [0.1, 0.15) is 5.75 Å². The lowest BCUT2D eigenvalue weighted by molar-refractivity contribution is 0.166. The third-order valence-electron chi connectivity index (χ3n) is 3.18. The van der Waals surface area contributed by atoms with Crippen molar-refractivity contribution in [2.45, 2.75) is 12.5 Å². The van der Waals surface area contributed by atoms with E-state index in [0.29, 0.717) is 6.54 Å². The highest BCUT2D eigenvalue weighted by atomic mass is 79.9. The number of nitrogens with zero attached hydrogens (tertiary/aromatic N) is 1. The molecule has 1 aromatic rings. The van der Waals surface area contributed by atoms with Crippen LogP contribution < -0.4 is 10.5 Å². The molecule has 1 aromatic carbocycles. The number of ether oxygens (including phenoxy) is 2. The van der Waals surface area contributed by atoms with Crippen LogP contribution in [0.15, 0.2) is 22.7 Å². The predicted octanol–water partition coefficient (Wildman–Crippen LogP) is 2.43. The van der Waals surface area contributed by atoms with Gasteiger partial charge < -0.3 is 15.2 Å². The summed E-state index contributed by atoms with van der Waals surface area (Å²) < 4.78 is 11.4. The fourth-order valence-electron chi connectivity index (χ4n) is 2.06. The largest absolute Gasteiger partial charge is 0.497 e. The number of halogens is 1. The number of hydrogen-bond acceptors (Lipinski definition) is 4. The molecule has 0 spiro atoms. The van der Waals surface area contributed by atoms with E-state index in [9.17, 15) is 0 Å². The molecule has 0 aliphatic carbocycles. The van der Waals surface area contributed by atoms with Crippen molar-refractivity contribution in [3.63, 3.8) is 0 Å². The first-order valence-electron chi connectivity index (χ1n) is 6.36. The Kier molecular flexibility index (Phi) is 7.38. The highest BCUT2D eigenvalue weighted by molar-refractivity contribution is 9.10. The summed E-state index contributed by atoms with van der Waals surface area (Å²) in [4.78, 5) is 2.25. The van der Waals surface area contributed by atoms with Crippen LogP contribution in [0.3, 0.4) is 0 Å². The summed E-state index contributed by atoms with van der Waals surface area (Å²) in [5, 5.41) is 0. The maximum Gasteiger partial charge on any atom is 0.119 e. The van der Waals surface area contributed by atoms with Crippen LogP contribution in [0.4, 0.5) is 0 Å². The lowest BCUT2D eigenvalue weighted by atomic mass is 10.1. The van der Waals surface area contributed by atoms with E-state index in [1.54, 1.807) is 14.2 Å². The molecule has 0 radical (unpaired) electrons. The first kappa shape index (κ1) is 16.4. The second kappa shape index (κ2) is 8.53.